The van der Waals surface area contributed by atoms with Crippen molar-refractivity contribution < 1.29 is 18.7 Å². The Morgan fingerprint density at radius 3 is 2.80 bits per heavy atom. The van der Waals surface area contributed by atoms with Crippen molar-refractivity contribution in [2.75, 3.05) is 19.7 Å². The second-order valence-corrected chi connectivity index (χ2v) is 5.76. The third kappa shape index (κ3) is 4.38. The first-order valence-electron chi connectivity index (χ1n) is 8.26. The van der Waals surface area contributed by atoms with E-state index in [9.17, 15) is 9.18 Å². The predicted molar refractivity (Wildman–Crippen MR) is 94.0 cm³/mol. The van der Waals surface area contributed by atoms with Gasteiger partial charge in [0.15, 0.2) is 17.6 Å². The summed E-state index contributed by atoms with van der Waals surface area (Å²) in [6.45, 7) is 3.28. The summed E-state index contributed by atoms with van der Waals surface area (Å²) in [6, 6.07) is 13.6. The molecule has 2 aromatic carbocycles. The van der Waals surface area contributed by atoms with Crippen LogP contribution in [0.2, 0.25) is 0 Å². The van der Waals surface area contributed by atoms with Crippen LogP contribution in [-0.2, 0) is 4.79 Å². The van der Waals surface area contributed by atoms with Gasteiger partial charge in [-0.25, -0.2) is 4.39 Å². The molecule has 130 valence electrons. The molecule has 5 heteroatoms. The van der Waals surface area contributed by atoms with Crippen LogP contribution in [0.5, 0.6) is 11.5 Å². The summed E-state index contributed by atoms with van der Waals surface area (Å²) in [5.41, 5.74) is 0.649. The smallest absolute Gasteiger partial charge is 0.246 e. The van der Waals surface area contributed by atoms with Crippen LogP contribution < -0.4 is 9.47 Å². The molecule has 0 aliphatic carbocycles. The summed E-state index contributed by atoms with van der Waals surface area (Å²) in [6.07, 6.45) is 2.85. The molecule has 1 aliphatic rings. The summed E-state index contributed by atoms with van der Waals surface area (Å²) in [7, 11) is 0. The highest BCUT2D eigenvalue weighted by molar-refractivity contribution is 5.91. The number of amides is 1. The third-order valence-electron chi connectivity index (χ3n) is 3.95. The van der Waals surface area contributed by atoms with Crippen molar-refractivity contribution in [1.29, 1.82) is 0 Å². The molecule has 1 amide bonds. The van der Waals surface area contributed by atoms with Crippen LogP contribution in [-0.4, -0.2) is 36.6 Å². The van der Waals surface area contributed by atoms with Gasteiger partial charge in [0.1, 0.15) is 12.4 Å². The van der Waals surface area contributed by atoms with E-state index in [1.54, 1.807) is 23.1 Å². The summed E-state index contributed by atoms with van der Waals surface area (Å²) >= 11 is 0. The average molecular weight is 341 g/mol. The molecule has 0 N–H and O–H groups in total. The molecule has 1 unspecified atom stereocenters. The van der Waals surface area contributed by atoms with E-state index in [0.717, 1.165) is 5.75 Å². The molecule has 1 aliphatic heterocycles. The van der Waals surface area contributed by atoms with Crippen molar-refractivity contribution in [2.24, 2.45) is 0 Å². The van der Waals surface area contributed by atoms with E-state index in [4.69, 9.17) is 9.47 Å². The Morgan fingerprint density at radius 1 is 1.24 bits per heavy atom. The molecule has 4 nitrogen and oxygen atoms in total. The van der Waals surface area contributed by atoms with E-state index in [1.807, 2.05) is 31.2 Å². The second-order valence-electron chi connectivity index (χ2n) is 5.76. The van der Waals surface area contributed by atoms with E-state index in [-0.39, 0.29) is 17.8 Å². The number of ether oxygens (including phenoxy) is 2. The maximum atomic E-state index is 13.2. The molecule has 0 saturated carbocycles. The highest BCUT2D eigenvalue weighted by Crippen LogP contribution is 2.31. The number of carbonyl (C=O) groups excluding carboxylic acids is 1. The SMILES string of the molecule is CCN(CC1COc2ccccc2O1)C(=O)/C=C/c1cccc(F)c1. The van der Waals surface area contributed by atoms with Crippen molar-refractivity contribution in [3.63, 3.8) is 0 Å². The first kappa shape index (κ1) is 17.0. The lowest BCUT2D eigenvalue weighted by Crippen LogP contribution is -2.43. The molecule has 0 spiro atoms. The Labute approximate surface area is 146 Å². The third-order valence-corrected chi connectivity index (χ3v) is 3.95. The molecule has 3 rings (SSSR count). The first-order chi connectivity index (χ1) is 12.2. The number of hydrogen-bond acceptors (Lipinski definition) is 3. The number of rotatable bonds is 5. The predicted octanol–water partition coefficient (Wildman–Crippen LogP) is 3.53. The minimum absolute atomic E-state index is 0.144. The van der Waals surface area contributed by atoms with Gasteiger partial charge in [0.25, 0.3) is 0 Å². The molecule has 1 atom stereocenters. The fraction of sp³-hybridized carbons (Fsp3) is 0.250. The minimum Gasteiger partial charge on any atom is -0.486 e. The Hall–Kier alpha value is -2.82. The minimum atomic E-state index is -0.326. The summed E-state index contributed by atoms with van der Waals surface area (Å²) in [5, 5.41) is 0. The summed E-state index contributed by atoms with van der Waals surface area (Å²) < 4.78 is 24.8. The number of para-hydroxylation sites is 2. The normalized spacial score (nSPS) is 16.0. The number of carbonyl (C=O) groups is 1. The lowest BCUT2D eigenvalue weighted by molar-refractivity contribution is -0.127. The molecule has 1 heterocycles. The number of nitrogens with zero attached hydrogens (tertiary/aromatic N) is 1. The van der Waals surface area contributed by atoms with E-state index in [0.29, 0.717) is 31.0 Å². The van der Waals surface area contributed by atoms with Crippen LogP contribution in [0.1, 0.15) is 12.5 Å². The zero-order valence-electron chi connectivity index (χ0n) is 14.0. The zero-order chi connectivity index (χ0) is 17.6. The number of likely N-dealkylation sites (N-methyl/N-ethyl adjacent to an activating group) is 1. The van der Waals surface area contributed by atoms with Gasteiger partial charge in [-0.2, -0.15) is 0 Å². The van der Waals surface area contributed by atoms with Gasteiger partial charge in [0.2, 0.25) is 5.91 Å². The maximum Gasteiger partial charge on any atom is 0.246 e. The highest BCUT2D eigenvalue weighted by atomic mass is 19.1. The topological polar surface area (TPSA) is 38.8 Å². The van der Waals surface area contributed by atoms with Crippen molar-refractivity contribution in [3.05, 3.63) is 66.0 Å². The number of hydrogen-bond donors (Lipinski definition) is 0. The van der Waals surface area contributed by atoms with Gasteiger partial charge >= 0.3 is 0 Å². The van der Waals surface area contributed by atoms with Crippen LogP contribution in [0.3, 0.4) is 0 Å². The van der Waals surface area contributed by atoms with E-state index in [2.05, 4.69) is 0 Å². The van der Waals surface area contributed by atoms with Crippen molar-refractivity contribution in [2.45, 2.75) is 13.0 Å². The summed E-state index contributed by atoms with van der Waals surface area (Å²) in [5.74, 6) is 0.944. The Morgan fingerprint density at radius 2 is 2.04 bits per heavy atom. The number of benzene rings is 2. The average Bonchev–Trinajstić information content (AvgIpc) is 2.64. The summed E-state index contributed by atoms with van der Waals surface area (Å²) in [4.78, 5) is 14.1. The van der Waals surface area contributed by atoms with Crippen LogP contribution in [0.4, 0.5) is 4.39 Å². The van der Waals surface area contributed by atoms with Crippen LogP contribution >= 0.6 is 0 Å². The lowest BCUT2D eigenvalue weighted by Gasteiger charge is -2.30. The Kier molecular flexibility index (Phi) is 5.33. The molecule has 25 heavy (non-hydrogen) atoms. The van der Waals surface area contributed by atoms with Gasteiger partial charge in [-0.15, -0.1) is 0 Å². The van der Waals surface area contributed by atoms with Crippen molar-refractivity contribution >= 4 is 12.0 Å². The van der Waals surface area contributed by atoms with Gasteiger partial charge in [-0.05, 0) is 42.8 Å². The molecule has 0 saturated heterocycles. The quantitative estimate of drug-likeness (QED) is 0.781. The highest BCUT2D eigenvalue weighted by Gasteiger charge is 2.23. The zero-order valence-corrected chi connectivity index (χ0v) is 14.0. The molecule has 0 fully saturated rings. The van der Waals surface area contributed by atoms with Gasteiger partial charge in [0.05, 0.1) is 6.54 Å². The molecular weight excluding hydrogens is 321 g/mol. The standard InChI is InChI=1S/C20H20FNO3/c1-2-22(20(23)11-10-15-6-5-7-16(21)12-15)13-17-14-24-18-8-3-4-9-19(18)25-17/h3-12,17H,2,13-14H2,1H3/b11-10+. The van der Waals surface area contributed by atoms with Crippen molar-refractivity contribution in [1.82, 2.24) is 4.90 Å². The molecule has 0 bridgehead atoms. The first-order valence-corrected chi connectivity index (χ1v) is 8.26. The molecule has 0 radical (unpaired) electrons. The second kappa shape index (κ2) is 7.83. The maximum absolute atomic E-state index is 13.2. The van der Waals surface area contributed by atoms with Gasteiger partial charge in [0, 0.05) is 12.6 Å². The van der Waals surface area contributed by atoms with E-state index >= 15 is 0 Å². The monoisotopic (exact) mass is 341 g/mol. The van der Waals surface area contributed by atoms with Gasteiger partial charge < -0.3 is 14.4 Å². The Bertz CT molecular complexity index is 775. The molecule has 2 aromatic rings. The van der Waals surface area contributed by atoms with Crippen LogP contribution in [0.15, 0.2) is 54.6 Å². The van der Waals surface area contributed by atoms with E-state index < -0.39 is 0 Å². The molecule has 0 aromatic heterocycles. The van der Waals surface area contributed by atoms with Crippen LogP contribution in [0.25, 0.3) is 6.08 Å². The Balaban J connectivity index is 1.61. The number of halogens is 1. The van der Waals surface area contributed by atoms with Gasteiger partial charge in [-0.1, -0.05) is 24.3 Å². The fourth-order valence-electron chi connectivity index (χ4n) is 2.66. The lowest BCUT2D eigenvalue weighted by atomic mass is 10.2. The molecular formula is C20H20FNO3. The van der Waals surface area contributed by atoms with Crippen LogP contribution in [0, 0.1) is 5.82 Å². The largest absolute Gasteiger partial charge is 0.486 e. The van der Waals surface area contributed by atoms with E-state index in [1.165, 1.54) is 18.2 Å². The van der Waals surface area contributed by atoms with Gasteiger partial charge in [-0.3, -0.25) is 4.79 Å². The van der Waals surface area contributed by atoms with Crippen molar-refractivity contribution in [3.8, 4) is 11.5 Å². The number of fused-ring (bicyclic) bond motifs is 1. The fourth-order valence-corrected chi connectivity index (χ4v) is 2.66.